The van der Waals surface area contributed by atoms with E-state index in [0.717, 1.165) is 6.42 Å². The molecule has 1 fully saturated rings. The van der Waals surface area contributed by atoms with Gasteiger partial charge in [-0.2, -0.15) is 0 Å². The van der Waals surface area contributed by atoms with Gasteiger partial charge in [0.15, 0.2) is 0 Å². The van der Waals surface area contributed by atoms with E-state index in [4.69, 9.17) is 0 Å². The van der Waals surface area contributed by atoms with E-state index in [1.165, 1.54) is 5.56 Å². The molecule has 0 aromatic heterocycles. The SMILES string of the molecule is CC(C)C(C)(O)CNC(=O)NC1CC1c1ccccc1. The summed E-state index contributed by atoms with van der Waals surface area (Å²) in [4.78, 5) is 11.8. The molecule has 4 heteroatoms. The standard InChI is InChI=1S/C16H24N2O2/c1-11(2)16(3,20)10-17-15(19)18-14-9-13(14)12-7-5-4-6-8-12/h4-8,11,13-14,20H,9-10H2,1-3H3,(H2,17,18,19). The molecular weight excluding hydrogens is 252 g/mol. The molecule has 0 spiro atoms. The summed E-state index contributed by atoms with van der Waals surface area (Å²) in [6, 6.07) is 10.2. The Morgan fingerprint density at radius 2 is 2.05 bits per heavy atom. The number of hydrogen-bond acceptors (Lipinski definition) is 2. The number of carbonyl (C=O) groups is 1. The molecule has 20 heavy (non-hydrogen) atoms. The summed E-state index contributed by atoms with van der Waals surface area (Å²) in [6.45, 7) is 5.87. The van der Waals surface area contributed by atoms with Gasteiger partial charge in [-0.1, -0.05) is 44.2 Å². The number of amides is 2. The highest BCUT2D eigenvalue weighted by molar-refractivity contribution is 5.75. The van der Waals surface area contributed by atoms with Crippen LogP contribution in [0.2, 0.25) is 0 Å². The van der Waals surface area contributed by atoms with Crippen LogP contribution in [0.15, 0.2) is 30.3 Å². The van der Waals surface area contributed by atoms with Crippen LogP contribution >= 0.6 is 0 Å². The number of aliphatic hydroxyl groups is 1. The summed E-state index contributed by atoms with van der Waals surface area (Å²) in [7, 11) is 0. The zero-order valence-electron chi connectivity index (χ0n) is 12.4. The van der Waals surface area contributed by atoms with Crippen molar-refractivity contribution in [3.05, 3.63) is 35.9 Å². The number of benzene rings is 1. The highest BCUT2D eigenvalue weighted by atomic mass is 16.3. The van der Waals surface area contributed by atoms with Crippen LogP contribution in [0.4, 0.5) is 4.79 Å². The largest absolute Gasteiger partial charge is 0.388 e. The summed E-state index contributed by atoms with van der Waals surface area (Å²) in [6.07, 6.45) is 0.984. The second-order valence-corrected chi connectivity index (χ2v) is 6.20. The van der Waals surface area contributed by atoms with E-state index < -0.39 is 5.60 Å². The Morgan fingerprint density at radius 1 is 1.40 bits per heavy atom. The Bertz CT molecular complexity index is 457. The third-order valence-corrected chi connectivity index (χ3v) is 4.19. The summed E-state index contributed by atoms with van der Waals surface area (Å²) >= 11 is 0. The van der Waals surface area contributed by atoms with Crippen molar-refractivity contribution in [1.29, 1.82) is 0 Å². The Hall–Kier alpha value is -1.55. The predicted molar refractivity (Wildman–Crippen MR) is 79.6 cm³/mol. The molecule has 0 saturated heterocycles. The van der Waals surface area contributed by atoms with Gasteiger partial charge in [0.1, 0.15) is 0 Å². The van der Waals surface area contributed by atoms with Crippen molar-refractivity contribution in [1.82, 2.24) is 10.6 Å². The van der Waals surface area contributed by atoms with Gasteiger partial charge in [0.2, 0.25) is 0 Å². The molecule has 0 bridgehead atoms. The lowest BCUT2D eigenvalue weighted by atomic mass is 9.93. The van der Waals surface area contributed by atoms with E-state index in [9.17, 15) is 9.90 Å². The average Bonchev–Trinajstić information content (AvgIpc) is 3.16. The van der Waals surface area contributed by atoms with Crippen molar-refractivity contribution in [2.45, 2.75) is 44.8 Å². The molecule has 2 amide bonds. The first-order valence-corrected chi connectivity index (χ1v) is 7.22. The molecule has 1 saturated carbocycles. The molecule has 0 radical (unpaired) electrons. The third kappa shape index (κ3) is 3.73. The minimum atomic E-state index is -0.875. The van der Waals surface area contributed by atoms with E-state index >= 15 is 0 Å². The molecule has 2 rings (SSSR count). The number of rotatable bonds is 5. The van der Waals surface area contributed by atoms with Crippen LogP contribution in [0, 0.1) is 5.92 Å². The number of carbonyl (C=O) groups excluding carboxylic acids is 1. The molecule has 3 atom stereocenters. The van der Waals surface area contributed by atoms with Crippen LogP contribution in [0.1, 0.15) is 38.7 Å². The van der Waals surface area contributed by atoms with Crippen LogP contribution in [-0.4, -0.2) is 29.3 Å². The molecule has 0 aliphatic heterocycles. The van der Waals surface area contributed by atoms with Crippen molar-refractivity contribution in [3.8, 4) is 0 Å². The molecule has 0 heterocycles. The predicted octanol–water partition coefficient (Wildman–Crippen LogP) is 2.25. The van der Waals surface area contributed by atoms with E-state index in [0.29, 0.717) is 5.92 Å². The molecule has 3 unspecified atom stereocenters. The number of urea groups is 1. The van der Waals surface area contributed by atoms with Crippen LogP contribution in [0.25, 0.3) is 0 Å². The summed E-state index contributed by atoms with van der Waals surface area (Å²) in [5, 5.41) is 15.8. The molecule has 4 nitrogen and oxygen atoms in total. The van der Waals surface area contributed by atoms with Crippen LogP contribution in [0.3, 0.4) is 0 Å². The van der Waals surface area contributed by atoms with E-state index in [2.05, 4.69) is 22.8 Å². The lowest BCUT2D eigenvalue weighted by Gasteiger charge is -2.27. The Balaban J connectivity index is 1.75. The van der Waals surface area contributed by atoms with Crippen LogP contribution < -0.4 is 10.6 Å². The fourth-order valence-electron chi connectivity index (χ4n) is 2.11. The van der Waals surface area contributed by atoms with Crippen LogP contribution in [-0.2, 0) is 0 Å². The van der Waals surface area contributed by atoms with E-state index in [1.807, 2.05) is 32.0 Å². The quantitative estimate of drug-likeness (QED) is 0.772. The van der Waals surface area contributed by atoms with Gasteiger partial charge in [0.05, 0.1) is 5.60 Å². The lowest BCUT2D eigenvalue weighted by Crippen LogP contribution is -2.48. The second kappa shape index (κ2) is 5.83. The minimum absolute atomic E-state index is 0.0980. The van der Waals surface area contributed by atoms with Gasteiger partial charge in [-0.15, -0.1) is 0 Å². The van der Waals surface area contributed by atoms with Gasteiger partial charge in [-0.05, 0) is 24.8 Å². The monoisotopic (exact) mass is 276 g/mol. The molecular formula is C16H24N2O2. The lowest BCUT2D eigenvalue weighted by molar-refractivity contribution is 0.0166. The summed E-state index contributed by atoms with van der Waals surface area (Å²) in [5.41, 5.74) is 0.395. The van der Waals surface area contributed by atoms with Gasteiger partial charge in [0.25, 0.3) is 0 Å². The fraction of sp³-hybridized carbons (Fsp3) is 0.562. The van der Waals surface area contributed by atoms with Gasteiger partial charge in [-0.25, -0.2) is 4.79 Å². The highest BCUT2D eigenvalue weighted by Crippen LogP contribution is 2.40. The van der Waals surface area contributed by atoms with Crippen molar-refractivity contribution >= 4 is 6.03 Å². The zero-order chi connectivity index (χ0) is 14.8. The first-order chi connectivity index (χ1) is 9.40. The molecule has 1 aliphatic carbocycles. The topological polar surface area (TPSA) is 61.4 Å². The highest BCUT2D eigenvalue weighted by Gasteiger charge is 2.39. The Labute approximate surface area is 120 Å². The van der Waals surface area contributed by atoms with Crippen molar-refractivity contribution in [2.75, 3.05) is 6.54 Å². The molecule has 1 aromatic carbocycles. The van der Waals surface area contributed by atoms with Crippen molar-refractivity contribution in [2.24, 2.45) is 5.92 Å². The first kappa shape index (κ1) is 14.9. The Morgan fingerprint density at radius 3 is 2.65 bits per heavy atom. The van der Waals surface area contributed by atoms with E-state index in [1.54, 1.807) is 6.92 Å². The molecule has 110 valence electrons. The maximum Gasteiger partial charge on any atom is 0.315 e. The number of nitrogens with one attached hydrogen (secondary N) is 2. The fourth-order valence-corrected chi connectivity index (χ4v) is 2.11. The van der Waals surface area contributed by atoms with Gasteiger partial charge < -0.3 is 15.7 Å². The average molecular weight is 276 g/mol. The first-order valence-electron chi connectivity index (χ1n) is 7.22. The van der Waals surface area contributed by atoms with Crippen molar-refractivity contribution < 1.29 is 9.90 Å². The normalized spacial score (nSPS) is 24.1. The smallest absolute Gasteiger partial charge is 0.315 e. The van der Waals surface area contributed by atoms with Gasteiger partial charge in [0, 0.05) is 18.5 Å². The minimum Gasteiger partial charge on any atom is -0.388 e. The summed E-state index contributed by atoms with van der Waals surface area (Å²) in [5.74, 6) is 0.522. The van der Waals surface area contributed by atoms with E-state index in [-0.39, 0.29) is 24.5 Å². The van der Waals surface area contributed by atoms with Crippen LogP contribution in [0.5, 0.6) is 0 Å². The second-order valence-electron chi connectivity index (χ2n) is 6.20. The molecule has 1 aliphatic rings. The van der Waals surface area contributed by atoms with Gasteiger partial charge >= 0.3 is 6.03 Å². The molecule has 1 aromatic rings. The maximum absolute atomic E-state index is 11.8. The summed E-state index contributed by atoms with van der Waals surface area (Å²) < 4.78 is 0. The Kier molecular flexibility index (Phi) is 4.33. The third-order valence-electron chi connectivity index (χ3n) is 4.19. The maximum atomic E-state index is 11.8. The number of hydrogen-bond donors (Lipinski definition) is 3. The zero-order valence-corrected chi connectivity index (χ0v) is 12.4. The van der Waals surface area contributed by atoms with Crippen molar-refractivity contribution in [3.63, 3.8) is 0 Å². The van der Waals surface area contributed by atoms with Gasteiger partial charge in [-0.3, -0.25) is 0 Å². The molecule has 3 N–H and O–H groups in total.